The summed E-state index contributed by atoms with van der Waals surface area (Å²) in [5.74, 6) is -0.522. The molecule has 0 aromatic rings. The van der Waals surface area contributed by atoms with Gasteiger partial charge in [0.1, 0.15) is 6.61 Å². The van der Waals surface area contributed by atoms with Crippen molar-refractivity contribution in [1.82, 2.24) is 0 Å². The van der Waals surface area contributed by atoms with Crippen molar-refractivity contribution in [2.45, 2.75) is 232 Å². The van der Waals surface area contributed by atoms with Gasteiger partial charge in [0, 0.05) is 19.4 Å². The van der Waals surface area contributed by atoms with E-state index in [1.807, 2.05) is 6.08 Å². The van der Waals surface area contributed by atoms with Crippen LogP contribution in [0.25, 0.3) is 0 Å². The minimum Gasteiger partial charge on any atom is -0.462 e. The van der Waals surface area contributed by atoms with Crippen molar-refractivity contribution < 1.29 is 23.8 Å². The molecule has 5 heteroatoms. The van der Waals surface area contributed by atoms with E-state index in [2.05, 4.69) is 148 Å². The largest absolute Gasteiger partial charge is 0.462 e. The van der Waals surface area contributed by atoms with Gasteiger partial charge in [-0.15, -0.1) is 0 Å². The van der Waals surface area contributed by atoms with Crippen molar-refractivity contribution >= 4 is 11.9 Å². The number of unbranched alkanes of at least 4 members (excludes halogenated alkanes) is 16. The average Bonchev–Trinajstić information content (AvgIpc) is 3.34. The zero-order valence-electron chi connectivity index (χ0n) is 44.1. The molecule has 5 nitrogen and oxygen atoms in total. The van der Waals surface area contributed by atoms with Crippen LogP contribution in [0.2, 0.25) is 0 Å². The van der Waals surface area contributed by atoms with Crippen LogP contribution in [0.3, 0.4) is 0 Å². The van der Waals surface area contributed by atoms with Gasteiger partial charge in [-0.2, -0.15) is 0 Å². The molecule has 0 saturated heterocycles. The fraction of sp³-hybridized carbons (Fsp3) is 0.619. The Morgan fingerprint density at radius 2 is 0.721 bits per heavy atom. The highest BCUT2D eigenvalue weighted by Gasteiger charge is 2.17. The molecule has 0 amide bonds. The van der Waals surface area contributed by atoms with Crippen LogP contribution in [0.15, 0.2) is 134 Å². The molecular formula is C63H102O5. The Morgan fingerprint density at radius 3 is 1.18 bits per heavy atom. The SMILES string of the molecule is CC/C=C\C/C=C\C/C=C\C/C=C\C/C=C\C/C=C\CCC(=O)OCC(COCCCCCCCC/C=C\C/C=C\CCC)OC(=O)CCCCCCCC/C=C\C/C=C\C/C=C\CCCCC. The summed E-state index contributed by atoms with van der Waals surface area (Å²) in [7, 11) is 0. The second-order valence-electron chi connectivity index (χ2n) is 17.7. The molecule has 0 rings (SSSR count). The van der Waals surface area contributed by atoms with E-state index in [9.17, 15) is 9.59 Å². The van der Waals surface area contributed by atoms with Gasteiger partial charge in [-0.25, -0.2) is 0 Å². The number of hydrogen-bond acceptors (Lipinski definition) is 5. The smallest absolute Gasteiger partial charge is 0.306 e. The van der Waals surface area contributed by atoms with Crippen molar-refractivity contribution in [1.29, 1.82) is 0 Å². The maximum absolute atomic E-state index is 12.8. The molecule has 1 atom stereocenters. The molecule has 0 spiro atoms. The van der Waals surface area contributed by atoms with E-state index in [1.165, 1.54) is 83.5 Å². The Bertz CT molecular complexity index is 1430. The van der Waals surface area contributed by atoms with E-state index in [1.54, 1.807) is 0 Å². The molecule has 0 N–H and O–H groups in total. The molecule has 0 aliphatic heterocycles. The highest BCUT2D eigenvalue weighted by molar-refractivity contribution is 5.70. The zero-order chi connectivity index (χ0) is 49.2. The van der Waals surface area contributed by atoms with Crippen LogP contribution >= 0.6 is 0 Å². The number of carbonyl (C=O) groups excluding carboxylic acids is 2. The maximum atomic E-state index is 12.8. The summed E-state index contributed by atoms with van der Waals surface area (Å²) in [6.45, 7) is 7.50. The number of allylic oxidation sites excluding steroid dienone is 22. The molecule has 0 radical (unpaired) electrons. The lowest BCUT2D eigenvalue weighted by Crippen LogP contribution is -2.30. The van der Waals surface area contributed by atoms with Gasteiger partial charge in [-0.1, -0.05) is 225 Å². The van der Waals surface area contributed by atoms with E-state index in [0.717, 1.165) is 103 Å². The van der Waals surface area contributed by atoms with Crippen LogP contribution in [0.5, 0.6) is 0 Å². The Labute approximate surface area is 419 Å². The zero-order valence-corrected chi connectivity index (χ0v) is 44.1. The first kappa shape index (κ1) is 64.0. The molecule has 68 heavy (non-hydrogen) atoms. The van der Waals surface area contributed by atoms with Gasteiger partial charge in [-0.3, -0.25) is 9.59 Å². The highest BCUT2D eigenvalue weighted by Crippen LogP contribution is 2.12. The Balaban J connectivity index is 4.45. The van der Waals surface area contributed by atoms with Gasteiger partial charge in [0.05, 0.1) is 6.61 Å². The number of rotatable bonds is 49. The number of carbonyl (C=O) groups is 2. The standard InChI is InChI=1S/C63H102O5/c1-4-7-10-13-16-19-22-25-28-30-32-34-36-38-41-44-47-50-53-56-62(64)67-60-61(59-66-58-55-52-49-46-43-40-27-24-21-18-15-12-9-6-3)68-63(65)57-54-51-48-45-42-39-37-35-33-31-29-26-23-20-17-14-11-8-5-2/h7,10,12,15-17,19-21,24-26,28-29,32-35,38,41,47,50,61H,4-6,8-9,11,13-14,18,22-23,27,30-31,36-37,39-40,42-46,48-49,51-60H2,1-3H3/b10-7-,15-12-,19-16-,20-17-,24-21-,28-25-,29-26-,34-32-,35-33-,41-38-,50-47-. The van der Waals surface area contributed by atoms with E-state index < -0.39 is 6.10 Å². The summed E-state index contributed by atoms with van der Waals surface area (Å²) in [5, 5.41) is 0. The fourth-order valence-electron chi connectivity index (χ4n) is 7.05. The van der Waals surface area contributed by atoms with Gasteiger partial charge >= 0.3 is 11.9 Å². The first-order valence-electron chi connectivity index (χ1n) is 27.7. The van der Waals surface area contributed by atoms with Gasteiger partial charge in [0.15, 0.2) is 6.10 Å². The summed E-state index contributed by atoms with van der Waals surface area (Å²) in [4.78, 5) is 25.5. The predicted molar refractivity (Wildman–Crippen MR) is 297 cm³/mol. The third kappa shape index (κ3) is 54.6. The lowest BCUT2D eigenvalue weighted by Gasteiger charge is -2.18. The van der Waals surface area contributed by atoms with Gasteiger partial charge in [0.25, 0.3) is 0 Å². The third-order valence-electron chi connectivity index (χ3n) is 11.1. The van der Waals surface area contributed by atoms with E-state index in [-0.39, 0.29) is 25.2 Å². The Hall–Kier alpha value is -3.96. The number of ether oxygens (including phenoxy) is 3. The molecule has 0 aliphatic carbocycles. The second-order valence-corrected chi connectivity index (χ2v) is 17.7. The van der Waals surface area contributed by atoms with Gasteiger partial charge in [-0.05, 0) is 122 Å². The Kier molecular flexibility index (Phi) is 54.0. The summed E-state index contributed by atoms with van der Waals surface area (Å²) in [5.41, 5.74) is 0. The minimum absolute atomic E-state index is 0.0269. The topological polar surface area (TPSA) is 61.8 Å². The van der Waals surface area contributed by atoms with E-state index in [4.69, 9.17) is 14.2 Å². The Morgan fingerprint density at radius 1 is 0.338 bits per heavy atom. The molecule has 0 aromatic carbocycles. The normalized spacial score (nSPS) is 13.3. The molecule has 0 fully saturated rings. The molecule has 0 saturated carbocycles. The van der Waals surface area contributed by atoms with Crippen molar-refractivity contribution in [3.8, 4) is 0 Å². The van der Waals surface area contributed by atoms with Crippen LogP contribution in [-0.2, 0) is 23.8 Å². The first-order chi connectivity index (χ1) is 33.6. The molecule has 0 bridgehead atoms. The minimum atomic E-state index is -0.590. The predicted octanol–water partition coefficient (Wildman–Crippen LogP) is 19.1. The summed E-state index contributed by atoms with van der Waals surface area (Å²) in [6.07, 6.45) is 81.9. The molecule has 1 unspecified atom stereocenters. The van der Waals surface area contributed by atoms with E-state index in [0.29, 0.717) is 25.9 Å². The molecule has 0 heterocycles. The monoisotopic (exact) mass is 939 g/mol. The van der Waals surface area contributed by atoms with Gasteiger partial charge < -0.3 is 14.2 Å². The van der Waals surface area contributed by atoms with Crippen molar-refractivity contribution in [3.63, 3.8) is 0 Å². The molecule has 0 aliphatic rings. The summed E-state index contributed by atoms with van der Waals surface area (Å²) < 4.78 is 17.4. The summed E-state index contributed by atoms with van der Waals surface area (Å²) >= 11 is 0. The number of hydrogen-bond donors (Lipinski definition) is 0. The van der Waals surface area contributed by atoms with Crippen LogP contribution in [0, 0.1) is 0 Å². The number of esters is 2. The molecule has 0 aromatic heterocycles. The van der Waals surface area contributed by atoms with Crippen LogP contribution < -0.4 is 0 Å². The van der Waals surface area contributed by atoms with Crippen LogP contribution in [0.4, 0.5) is 0 Å². The van der Waals surface area contributed by atoms with E-state index >= 15 is 0 Å². The van der Waals surface area contributed by atoms with Gasteiger partial charge in [0.2, 0.25) is 0 Å². The average molecular weight is 940 g/mol. The lowest BCUT2D eigenvalue weighted by molar-refractivity contribution is -0.162. The van der Waals surface area contributed by atoms with Crippen molar-refractivity contribution in [2.75, 3.05) is 19.8 Å². The second kappa shape index (κ2) is 57.4. The van der Waals surface area contributed by atoms with Crippen LogP contribution in [-0.4, -0.2) is 37.9 Å². The van der Waals surface area contributed by atoms with Crippen molar-refractivity contribution in [2.24, 2.45) is 0 Å². The highest BCUT2D eigenvalue weighted by atomic mass is 16.6. The van der Waals surface area contributed by atoms with Crippen molar-refractivity contribution in [3.05, 3.63) is 134 Å². The fourth-order valence-corrected chi connectivity index (χ4v) is 7.05. The molecular weight excluding hydrogens is 837 g/mol. The van der Waals surface area contributed by atoms with Crippen LogP contribution in [0.1, 0.15) is 226 Å². The maximum Gasteiger partial charge on any atom is 0.306 e. The third-order valence-corrected chi connectivity index (χ3v) is 11.1. The molecule has 384 valence electrons. The summed E-state index contributed by atoms with van der Waals surface area (Å²) in [6, 6.07) is 0. The first-order valence-corrected chi connectivity index (χ1v) is 27.7. The lowest BCUT2D eigenvalue weighted by atomic mass is 10.1. The quantitative estimate of drug-likeness (QED) is 0.0345.